The summed E-state index contributed by atoms with van der Waals surface area (Å²) in [6.45, 7) is 7.63. The van der Waals surface area contributed by atoms with E-state index in [4.69, 9.17) is 0 Å². The molecule has 31 heavy (non-hydrogen) atoms. The second-order valence-corrected chi connectivity index (χ2v) is 8.05. The molecule has 4 aromatic rings. The van der Waals surface area contributed by atoms with Crippen molar-refractivity contribution in [3.05, 3.63) is 155 Å². The highest BCUT2D eigenvalue weighted by Gasteiger charge is 2.01. The summed E-state index contributed by atoms with van der Waals surface area (Å²) in [7, 11) is 0. The average Bonchev–Trinajstić information content (AvgIpc) is 2.82. The monoisotopic (exact) mass is 400 g/mol. The number of hydrogen-bond donors (Lipinski definition) is 0. The first-order valence-electron chi connectivity index (χ1n) is 10.8. The lowest BCUT2D eigenvalue weighted by atomic mass is 9.98. The van der Waals surface area contributed by atoms with Crippen molar-refractivity contribution < 1.29 is 0 Å². The molecule has 0 aliphatic heterocycles. The van der Waals surface area contributed by atoms with Crippen molar-refractivity contribution >= 4 is 12.2 Å². The second kappa shape index (κ2) is 9.91. The Morgan fingerprint density at radius 2 is 0.548 bits per heavy atom. The van der Waals surface area contributed by atoms with Crippen LogP contribution in [0.4, 0.5) is 0 Å². The molecule has 0 bridgehead atoms. The molecule has 0 saturated carbocycles. The minimum atomic E-state index is 0.959. The van der Waals surface area contributed by atoms with E-state index < -0.39 is 0 Å². The van der Waals surface area contributed by atoms with Gasteiger partial charge in [-0.2, -0.15) is 0 Å². The predicted octanol–water partition coefficient (Wildman–Crippen LogP) is 7.75. The molecule has 0 nitrogen and oxygen atoms in total. The molecule has 0 atom stereocenters. The molecule has 152 valence electrons. The summed E-state index contributed by atoms with van der Waals surface area (Å²) >= 11 is 0. The Morgan fingerprint density at radius 3 is 0.742 bits per heavy atom. The highest BCUT2D eigenvalue weighted by Crippen LogP contribution is 2.17. The molecule has 0 fully saturated rings. The van der Waals surface area contributed by atoms with Crippen LogP contribution in [-0.4, -0.2) is 0 Å². The summed E-state index contributed by atoms with van der Waals surface area (Å²) in [5.74, 6) is 0. The third-order valence-corrected chi connectivity index (χ3v) is 5.70. The van der Waals surface area contributed by atoms with Gasteiger partial charge in [-0.25, -0.2) is 0 Å². The smallest absolute Gasteiger partial charge is 0.00258 e. The van der Waals surface area contributed by atoms with Crippen LogP contribution in [-0.2, 0) is 19.3 Å². The van der Waals surface area contributed by atoms with Gasteiger partial charge in [0.15, 0.2) is 0 Å². The van der Waals surface area contributed by atoms with E-state index in [0.717, 1.165) is 30.4 Å². The van der Waals surface area contributed by atoms with Crippen LogP contribution in [0.25, 0.3) is 12.2 Å². The van der Waals surface area contributed by atoms with Crippen molar-refractivity contribution in [1.82, 2.24) is 0 Å². The van der Waals surface area contributed by atoms with Gasteiger partial charge in [0.25, 0.3) is 0 Å². The van der Waals surface area contributed by atoms with Gasteiger partial charge < -0.3 is 0 Å². The summed E-state index contributed by atoms with van der Waals surface area (Å²) in [4.78, 5) is 0. The second-order valence-electron chi connectivity index (χ2n) is 8.05. The van der Waals surface area contributed by atoms with Gasteiger partial charge in [0.1, 0.15) is 0 Å². The minimum Gasteiger partial charge on any atom is -0.0985 e. The summed E-state index contributed by atoms with van der Waals surface area (Å²) in [5.41, 5.74) is 10.4. The van der Waals surface area contributed by atoms with Crippen LogP contribution in [0, 0.1) is 0 Å². The number of hydrogen-bond acceptors (Lipinski definition) is 0. The fourth-order valence-electron chi connectivity index (χ4n) is 3.80. The maximum absolute atomic E-state index is 3.81. The van der Waals surface area contributed by atoms with Crippen molar-refractivity contribution in [1.29, 1.82) is 0 Å². The van der Waals surface area contributed by atoms with Gasteiger partial charge in [-0.15, -0.1) is 0 Å². The predicted molar refractivity (Wildman–Crippen MR) is 134 cm³/mol. The van der Waals surface area contributed by atoms with Crippen molar-refractivity contribution in [2.45, 2.75) is 19.3 Å². The lowest BCUT2D eigenvalue weighted by Gasteiger charge is -2.07. The maximum Gasteiger partial charge on any atom is -0.00258 e. The van der Waals surface area contributed by atoms with Gasteiger partial charge in [-0.3, -0.25) is 0 Å². The molecule has 4 aromatic carbocycles. The summed E-state index contributed by atoms with van der Waals surface area (Å²) in [5, 5.41) is 0. The van der Waals surface area contributed by atoms with Crippen molar-refractivity contribution in [3.8, 4) is 0 Å². The van der Waals surface area contributed by atoms with Crippen LogP contribution in [0.2, 0.25) is 0 Å². The van der Waals surface area contributed by atoms with E-state index in [-0.39, 0.29) is 0 Å². The molecular formula is C31H28. The first kappa shape index (κ1) is 20.6. The van der Waals surface area contributed by atoms with Crippen LogP contribution in [0.15, 0.2) is 110 Å². The Balaban J connectivity index is 1.35. The van der Waals surface area contributed by atoms with Gasteiger partial charge in [0, 0.05) is 0 Å². The molecule has 4 rings (SSSR count). The molecule has 0 aliphatic rings. The zero-order valence-corrected chi connectivity index (χ0v) is 17.9. The highest BCUT2D eigenvalue weighted by molar-refractivity contribution is 5.48. The van der Waals surface area contributed by atoms with Crippen LogP contribution in [0.3, 0.4) is 0 Å². The van der Waals surface area contributed by atoms with E-state index in [0.29, 0.717) is 0 Å². The number of rotatable bonds is 8. The minimum absolute atomic E-state index is 0.959. The van der Waals surface area contributed by atoms with Crippen molar-refractivity contribution in [2.75, 3.05) is 0 Å². The molecule has 0 aliphatic carbocycles. The van der Waals surface area contributed by atoms with E-state index in [2.05, 4.69) is 110 Å². The molecule has 0 N–H and O–H groups in total. The lowest BCUT2D eigenvalue weighted by molar-refractivity contribution is 1.14. The molecule has 0 aromatic heterocycles. The van der Waals surface area contributed by atoms with Crippen LogP contribution in [0.5, 0.6) is 0 Å². The van der Waals surface area contributed by atoms with Gasteiger partial charge in [0.05, 0.1) is 0 Å². The van der Waals surface area contributed by atoms with E-state index in [1.165, 1.54) is 33.4 Å². The van der Waals surface area contributed by atoms with Gasteiger partial charge >= 0.3 is 0 Å². The standard InChI is InChI=1S/C31H28/c1-3-24-5-9-26(10-6-24)21-28-13-17-30(18-14-28)23-31-19-15-29(16-20-31)22-27-11-7-25(4-2)8-12-27/h3-20H,1-2,21-23H2. The summed E-state index contributed by atoms with van der Waals surface area (Å²) in [6.07, 6.45) is 6.64. The van der Waals surface area contributed by atoms with Gasteiger partial charge in [-0.1, -0.05) is 122 Å². The first-order chi connectivity index (χ1) is 15.2. The van der Waals surface area contributed by atoms with E-state index in [1.807, 2.05) is 12.2 Å². The van der Waals surface area contributed by atoms with Gasteiger partial charge in [0.2, 0.25) is 0 Å². The van der Waals surface area contributed by atoms with Gasteiger partial charge in [-0.05, 0) is 63.8 Å². The Kier molecular flexibility index (Phi) is 6.59. The Hall–Kier alpha value is -3.64. The third kappa shape index (κ3) is 5.71. The highest BCUT2D eigenvalue weighted by atomic mass is 14.1. The molecule has 0 heterocycles. The summed E-state index contributed by atoms with van der Waals surface area (Å²) < 4.78 is 0. The lowest BCUT2D eigenvalue weighted by Crippen LogP contribution is -1.93. The molecule has 0 radical (unpaired) electrons. The van der Waals surface area contributed by atoms with Crippen molar-refractivity contribution in [2.24, 2.45) is 0 Å². The summed E-state index contributed by atoms with van der Waals surface area (Å²) in [6, 6.07) is 35.2. The quantitative estimate of drug-likeness (QED) is 0.284. The topological polar surface area (TPSA) is 0 Å². The fourth-order valence-corrected chi connectivity index (χ4v) is 3.80. The maximum atomic E-state index is 3.81. The molecule has 0 saturated heterocycles. The molecule has 0 unspecified atom stereocenters. The van der Waals surface area contributed by atoms with E-state index in [9.17, 15) is 0 Å². The average molecular weight is 401 g/mol. The van der Waals surface area contributed by atoms with E-state index >= 15 is 0 Å². The molecule has 0 heteroatoms. The Bertz CT molecular complexity index is 1030. The van der Waals surface area contributed by atoms with Crippen molar-refractivity contribution in [3.63, 3.8) is 0 Å². The largest absolute Gasteiger partial charge is 0.0985 e. The zero-order valence-electron chi connectivity index (χ0n) is 17.9. The Morgan fingerprint density at radius 1 is 0.355 bits per heavy atom. The van der Waals surface area contributed by atoms with E-state index in [1.54, 1.807) is 0 Å². The molecular weight excluding hydrogens is 372 g/mol. The SMILES string of the molecule is C=Cc1ccc(Cc2ccc(Cc3ccc(Cc4ccc(C=C)cc4)cc3)cc2)cc1. The zero-order chi connectivity index (χ0) is 21.5. The fraction of sp³-hybridized carbons (Fsp3) is 0.0968. The number of benzene rings is 4. The first-order valence-corrected chi connectivity index (χ1v) is 10.8. The normalized spacial score (nSPS) is 10.6. The molecule has 0 amide bonds. The van der Waals surface area contributed by atoms with Crippen LogP contribution < -0.4 is 0 Å². The Labute approximate surface area is 186 Å². The van der Waals surface area contributed by atoms with Crippen LogP contribution in [0.1, 0.15) is 44.5 Å². The van der Waals surface area contributed by atoms with Crippen LogP contribution >= 0.6 is 0 Å². The third-order valence-electron chi connectivity index (χ3n) is 5.70. The molecule has 0 spiro atoms.